The van der Waals surface area contributed by atoms with Crippen molar-refractivity contribution in [2.24, 2.45) is 5.41 Å². The van der Waals surface area contributed by atoms with E-state index in [0.717, 1.165) is 25.9 Å². The molecule has 0 radical (unpaired) electrons. The van der Waals surface area contributed by atoms with Gasteiger partial charge in [-0.05, 0) is 30.8 Å². The molecule has 20 heavy (non-hydrogen) atoms. The lowest BCUT2D eigenvalue weighted by atomic mass is 9.82. The summed E-state index contributed by atoms with van der Waals surface area (Å²) in [6.07, 6.45) is 1.84. The second-order valence-electron chi connectivity index (χ2n) is 5.36. The number of thiophene rings is 1. The van der Waals surface area contributed by atoms with E-state index in [0.29, 0.717) is 19.7 Å². The Labute approximate surface area is 125 Å². The second kappa shape index (κ2) is 7.20. The van der Waals surface area contributed by atoms with Gasteiger partial charge in [0.15, 0.2) is 0 Å². The van der Waals surface area contributed by atoms with E-state index < -0.39 is 0 Å². The van der Waals surface area contributed by atoms with E-state index in [1.165, 1.54) is 4.88 Å². The highest BCUT2D eigenvalue weighted by Gasteiger charge is 2.41. The Morgan fingerprint density at radius 3 is 3.00 bits per heavy atom. The van der Waals surface area contributed by atoms with Crippen LogP contribution in [0, 0.1) is 5.41 Å². The number of methoxy groups -OCH3 is 1. The Kier molecular flexibility index (Phi) is 5.57. The highest BCUT2D eigenvalue weighted by molar-refractivity contribution is 7.09. The lowest BCUT2D eigenvalue weighted by molar-refractivity contribution is -0.142. The molecule has 1 atom stereocenters. The molecule has 1 saturated heterocycles. The van der Waals surface area contributed by atoms with Crippen LogP contribution >= 0.6 is 11.3 Å². The first kappa shape index (κ1) is 15.5. The largest absolute Gasteiger partial charge is 0.383 e. The molecule has 1 aromatic heterocycles. The molecule has 0 aromatic carbocycles. The van der Waals surface area contributed by atoms with Crippen LogP contribution in [0.1, 0.15) is 24.6 Å². The van der Waals surface area contributed by atoms with E-state index in [1.807, 2.05) is 11.0 Å². The Morgan fingerprint density at radius 1 is 1.60 bits per heavy atom. The van der Waals surface area contributed by atoms with E-state index >= 15 is 0 Å². The van der Waals surface area contributed by atoms with Crippen LogP contribution in [0.25, 0.3) is 0 Å². The first-order valence-corrected chi connectivity index (χ1v) is 8.11. The monoisotopic (exact) mass is 296 g/mol. The van der Waals surface area contributed by atoms with Gasteiger partial charge in [-0.25, -0.2) is 0 Å². The van der Waals surface area contributed by atoms with Crippen molar-refractivity contribution >= 4 is 17.2 Å². The zero-order valence-electron chi connectivity index (χ0n) is 12.4. The maximum Gasteiger partial charge on any atom is 0.230 e. The summed E-state index contributed by atoms with van der Waals surface area (Å²) in [5.74, 6) is 0.274. The normalized spacial score (nSPS) is 22.1. The first-order valence-electron chi connectivity index (χ1n) is 7.23. The number of amides is 1. The van der Waals surface area contributed by atoms with Gasteiger partial charge in [-0.3, -0.25) is 4.79 Å². The van der Waals surface area contributed by atoms with E-state index in [1.54, 1.807) is 18.4 Å². The maximum absolute atomic E-state index is 13.0. The Bertz CT molecular complexity index is 414. The average molecular weight is 296 g/mol. The van der Waals surface area contributed by atoms with Gasteiger partial charge >= 0.3 is 0 Å². The minimum atomic E-state index is -0.217. The summed E-state index contributed by atoms with van der Waals surface area (Å²) in [7, 11) is 1.68. The fraction of sp³-hybridized carbons (Fsp3) is 0.667. The van der Waals surface area contributed by atoms with Crippen molar-refractivity contribution in [2.75, 3.05) is 33.4 Å². The van der Waals surface area contributed by atoms with Gasteiger partial charge in [0.1, 0.15) is 0 Å². The fourth-order valence-electron chi connectivity index (χ4n) is 2.76. The van der Waals surface area contributed by atoms with E-state index in [-0.39, 0.29) is 11.3 Å². The van der Waals surface area contributed by atoms with Crippen molar-refractivity contribution in [3.63, 3.8) is 0 Å². The number of nitrogens with one attached hydrogen (secondary N) is 1. The number of rotatable bonds is 7. The van der Waals surface area contributed by atoms with Gasteiger partial charge < -0.3 is 15.0 Å². The van der Waals surface area contributed by atoms with E-state index in [9.17, 15) is 4.79 Å². The molecule has 0 aliphatic carbocycles. The summed E-state index contributed by atoms with van der Waals surface area (Å²) in [6.45, 7) is 5.80. The molecule has 112 valence electrons. The van der Waals surface area contributed by atoms with Gasteiger partial charge in [0.2, 0.25) is 5.91 Å². The Morgan fingerprint density at radius 2 is 2.45 bits per heavy atom. The van der Waals surface area contributed by atoms with Crippen LogP contribution in [0.4, 0.5) is 0 Å². The lowest BCUT2D eigenvalue weighted by Crippen LogP contribution is -2.45. The predicted octanol–water partition coefficient (Wildman–Crippen LogP) is 2.11. The second-order valence-corrected chi connectivity index (χ2v) is 6.39. The van der Waals surface area contributed by atoms with E-state index in [4.69, 9.17) is 4.74 Å². The van der Waals surface area contributed by atoms with Gasteiger partial charge in [0.25, 0.3) is 0 Å². The minimum Gasteiger partial charge on any atom is -0.383 e. The third-order valence-corrected chi connectivity index (χ3v) is 5.01. The van der Waals surface area contributed by atoms with Crippen molar-refractivity contribution in [2.45, 2.75) is 26.3 Å². The first-order chi connectivity index (χ1) is 9.72. The van der Waals surface area contributed by atoms with E-state index in [2.05, 4.69) is 23.7 Å². The molecular formula is C15H24N2O2S. The lowest BCUT2D eigenvalue weighted by Gasteiger charge is -2.33. The van der Waals surface area contributed by atoms with Crippen LogP contribution in [0.2, 0.25) is 0 Å². The quantitative estimate of drug-likeness (QED) is 0.838. The number of carbonyl (C=O) groups excluding carboxylic acids is 1. The highest BCUT2D eigenvalue weighted by atomic mass is 32.1. The molecule has 2 heterocycles. The molecule has 0 bridgehead atoms. The SMILES string of the molecule is CCC1(C(=O)N(CCOC)Cc2cccs2)CCNC1. The highest BCUT2D eigenvalue weighted by Crippen LogP contribution is 2.32. The van der Waals surface area contributed by atoms with Gasteiger partial charge in [-0.15, -0.1) is 11.3 Å². The van der Waals surface area contributed by atoms with Crippen LogP contribution in [-0.2, 0) is 16.1 Å². The Hall–Kier alpha value is -0.910. The van der Waals surface area contributed by atoms with Gasteiger partial charge in [0.05, 0.1) is 18.6 Å². The van der Waals surface area contributed by atoms with Gasteiger partial charge in [-0.1, -0.05) is 13.0 Å². The molecule has 1 amide bonds. The number of nitrogens with zero attached hydrogens (tertiary/aromatic N) is 1. The van der Waals surface area contributed by atoms with Crippen molar-refractivity contribution in [3.05, 3.63) is 22.4 Å². The molecule has 1 aliphatic heterocycles. The fourth-order valence-corrected chi connectivity index (χ4v) is 3.48. The van der Waals surface area contributed by atoms with Crippen molar-refractivity contribution in [1.82, 2.24) is 10.2 Å². The molecule has 0 saturated carbocycles. The molecule has 1 unspecified atom stereocenters. The van der Waals surface area contributed by atoms with Crippen LogP contribution in [-0.4, -0.2) is 44.2 Å². The maximum atomic E-state index is 13.0. The molecule has 2 rings (SSSR count). The third-order valence-electron chi connectivity index (χ3n) is 4.15. The van der Waals surface area contributed by atoms with Crippen molar-refractivity contribution in [1.29, 1.82) is 0 Å². The summed E-state index contributed by atoms with van der Waals surface area (Å²) in [5.41, 5.74) is -0.217. The predicted molar refractivity (Wildman–Crippen MR) is 81.8 cm³/mol. The molecule has 0 spiro atoms. The average Bonchev–Trinajstić information content (AvgIpc) is 3.14. The molecular weight excluding hydrogens is 272 g/mol. The smallest absolute Gasteiger partial charge is 0.230 e. The third kappa shape index (κ3) is 3.40. The number of carbonyl (C=O) groups is 1. The molecule has 5 heteroatoms. The number of ether oxygens (including phenoxy) is 1. The number of hydrogen-bond donors (Lipinski definition) is 1. The van der Waals surface area contributed by atoms with Crippen LogP contribution in [0.3, 0.4) is 0 Å². The van der Waals surface area contributed by atoms with Crippen LogP contribution in [0.15, 0.2) is 17.5 Å². The summed E-state index contributed by atoms with van der Waals surface area (Å²) in [4.78, 5) is 16.2. The van der Waals surface area contributed by atoms with Gasteiger partial charge in [0, 0.05) is 25.1 Å². The summed E-state index contributed by atoms with van der Waals surface area (Å²) >= 11 is 1.70. The summed E-state index contributed by atoms with van der Waals surface area (Å²) in [5, 5.41) is 5.40. The minimum absolute atomic E-state index is 0.217. The topological polar surface area (TPSA) is 41.6 Å². The molecule has 1 aliphatic rings. The zero-order valence-corrected chi connectivity index (χ0v) is 13.2. The molecule has 1 N–H and O–H groups in total. The molecule has 1 fully saturated rings. The Balaban J connectivity index is 2.10. The molecule has 4 nitrogen and oxygen atoms in total. The van der Waals surface area contributed by atoms with Crippen molar-refractivity contribution in [3.8, 4) is 0 Å². The number of hydrogen-bond acceptors (Lipinski definition) is 4. The van der Waals surface area contributed by atoms with Crippen molar-refractivity contribution < 1.29 is 9.53 Å². The van der Waals surface area contributed by atoms with Gasteiger partial charge in [-0.2, -0.15) is 0 Å². The zero-order chi connectivity index (χ0) is 14.4. The van der Waals surface area contributed by atoms with Crippen LogP contribution < -0.4 is 5.32 Å². The standard InChI is InChI=1S/C15H24N2O2S/c1-3-15(6-7-16-12-15)14(18)17(8-9-19-2)11-13-5-4-10-20-13/h4-5,10,16H,3,6-9,11-12H2,1-2H3. The summed E-state index contributed by atoms with van der Waals surface area (Å²) < 4.78 is 5.16. The molecule has 1 aromatic rings. The summed E-state index contributed by atoms with van der Waals surface area (Å²) in [6, 6.07) is 4.12. The van der Waals surface area contributed by atoms with Crippen LogP contribution in [0.5, 0.6) is 0 Å².